The number of esters is 3. The van der Waals surface area contributed by atoms with E-state index in [2.05, 4.69) is 154 Å². The van der Waals surface area contributed by atoms with Crippen molar-refractivity contribution in [2.24, 2.45) is 0 Å². The van der Waals surface area contributed by atoms with Crippen molar-refractivity contribution in [3.8, 4) is 0 Å². The van der Waals surface area contributed by atoms with Crippen molar-refractivity contribution < 1.29 is 28.6 Å². The maximum Gasteiger partial charge on any atom is 0.310 e. The van der Waals surface area contributed by atoms with Crippen LogP contribution in [-0.4, -0.2) is 37.2 Å². The lowest BCUT2D eigenvalue weighted by molar-refractivity contribution is -0.166. The molecular weight excluding hydrogens is 877 g/mol. The third-order valence-electron chi connectivity index (χ3n) is 11.3. The van der Waals surface area contributed by atoms with Crippen LogP contribution in [0.1, 0.15) is 226 Å². The number of carbonyl (C=O) groups is 3. The molecule has 0 aliphatic heterocycles. The summed E-state index contributed by atoms with van der Waals surface area (Å²) in [5, 5.41) is 0. The average molecular weight is 980 g/mol. The number of hydrogen-bond donors (Lipinski definition) is 0. The first-order valence-electron chi connectivity index (χ1n) is 28.3. The lowest BCUT2D eigenvalue weighted by Crippen LogP contribution is -2.30. The number of hydrogen-bond acceptors (Lipinski definition) is 6. The van der Waals surface area contributed by atoms with Gasteiger partial charge in [0.15, 0.2) is 6.10 Å². The fraction of sp³-hybridized carbons (Fsp3) is 0.585. The molecule has 0 amide bonds. The van der Waals surface area contributed by atoms with Gasteiger partial charge in [0.25, 0.3) is 0 Å². The Morgan fingerprint density at radius 1 is 0.310 bits per heavy atom. The molecule has 0 fully saturated rings. The monoisotopic (exact) mass is 979 g/mol. The van der Waals surface area contributed by atoms with E-state index < -0.39 is 12.1 Å². The minimum atomic E-state index is -0.847. The second kappa shape index (κ2) is 57.9. The van der Waals surface area contributed by atoms with Crippen LogP contribution in [0, 0.1) is 0 Å². The summed E-state index contributed by atoms with van der Waals surface area (Å²) >= 11 is 0. The largest absolute Gasteiger partial charge is 0.462 e. The highest BCUT2D eigenvalue weighted by molar-refractivity contribution is 5.72. The van der Waals surface area contributed by atoms with Gasteiger partial charge in [-0.3, -0.25) is 14.4 Å². The molecule has 0 aromatic carbocycles. The van der Waals surface area contributed by atoms with E-state index in [1.165, 1.54) is 44.9 Å². The van der Waals surface area contributed by atoms with Crippen LogP contribution in [0.15, 0.2) is 146 Å². The molecule has 0 aromatic rings. The minimum absolute atomic E-state index is 0.0861. The van der Waals surface area contributed by atoms with E-state index >= 15 is 0 Å². The van der Waals surface area contributed by atoms with Gasteiger partial charge in [-0.25, -0.2) is 0 Å². The van der Waals surface area contributed by atoms with Crippen LogP contribution in [-0.2, 0) is 28.6 Å². The molecule has 6 nitrogen and oxygen atoms in total. The standard InChI is InChI=1S/C65H102O6/c1-4-7-10-13-16-19-22-25-27-28-29-30-31-32-33-34-35-36-38-40-43-46-49-52-55-58-64(67)70-61-62(60-69-63(66)57-54-51-48-45-42-39-24-21-18-15-12-9-6-3)71-65(68)59-56-53-50-47-44-41-37-26-23-20-17-14-11-8-5-2/h7-8,10-12,15-17,19-21,24-27,29-30,32-33,37,44,47,53,56,62H,4-6,9,13-14,18,22-23,28,31,34-36,38-43,45-46,48-52,54-55,57-61H2,1-3H3/b10-7-,11-8-,15-12-,19-16-,20-17-,24-21-,27-25-,30-29-,33-32-,37-26-,47-44-,56-53-. The first kappa shape index (κ1) is 66.3. The molecule has 0 radical (unpaired) electrons. The molecule has 0 saturated carbocycles. The number of unbranched alkanes of at least 4 members (excludes halogenated alkanes) is 15. The third kappa shape index (κ3) is 56.1. The average Bonchev–Trinajstić information content (AvgIpc) is 3.37. The van der Waals surface area contributed by atoms with Gasteiger partial charge >= 0.3 is 17.9 Å². The summed E-state index contributed by atoms with van der Waals surface area (Å²) in [5.41, 5.74) is 0. The first-order chi connectivity index (χ1) is 35.0. The van der Waals surface area contributed by atoms with Crippen LogP contribution in [0.25, 0.3) is 0 Å². The summed E-state index contributed by atoms with van der Waals surface area (Å²) in [7, 11) is 0. The summed E-state index contributed by atoms with van der Waals surface area (Å²) in [6.07, 6.45) is 82.9. The lowest BCUT2D eigenvalue weighted by atomic mass is 10.1. The Hall–Kier alpha value is -4.71. The Kier molecular flexibility index (Phi) is 54.0. The van der Waals surface area contributed by atoms with Gasteiger partial charge in [0, 0.05) is 12.8 Å². The lowest BCUT2D eigenvalue weighted by Gasteiger charge is -2.18. The molecule has 0 aromatic heterocycles. The van der Waals surface area contributed by atoms with E-state index in [9.17, 15) is 14.4 Å². The van der Waals surface area contributed by atoms with Crippen molar-refractivity contribution in [3.63, 3.8) is 0 Å². The second-order valence-electron chi connectivity index (χ2n) is 18.1. The van der Waals surface area contributed by atoms with E-state index in [1.54, 1.807) is 6.08 Å². The van der Waals surface area contributed by atoms with Crippen molar-refractivity contribution in [3.05, 3.63) is 146 Å². The Morgan fingerprint density at radius 3 is 0.930 bits per heavy atom. The molecule has 0 saturated heterocycles. The highest BCUT2D eigenvalue weighted by atomic mass is 16.6. The zero-order valence-electron chi connectivity index (χ0n) is 45.4. The van der Waals surface area contributed by atoms with E-state index in [-0.39, 0.29) is 31.6 Å². The van der Waals surface area contributed by atoms with Crippen LogP contribution < -0.4 is 0 Å². The second-order valence-corrected chi connectivity index (χ2v) is 18.1. The van der Waals surface area contributed by atoms with Crippen LogP contribution in [0.3, 0.4) is 0 Å². The molecule has 71 heavy (non-hydrogen) atoms. The van der Waals surface area contributed by atoms with Crippen molar-refractivity contribution in [2.45, 2.75) is 232 Å². The van der Waals surface area contributed by atoms with Crippen LogP contribution in [0.2, 0.25) is 0 Å². The molecular formula is C65H102O6. The van der Waals surface area contributed by atoms with Crippen molar-refractivity contribution in [1.82, 2.24) is 0 Å². The van der Waals surface area contributed by atoms with E-state index in [0.29, 0.717) is 19.3 Å². The van der Waals surface area contributed by atoms with Gasteiger partial charge in [-0.05, 0) is 116 Å². The zero-order chi connectivity index (χ0) is 51.4. The van der Waals surface area contributed by atoms with E-state index in [0.717, 1.165) is 135 Å². The summed E-state index contributed by atoms with van der Waals surface area (Å²) in [5.74, 6) is -1.09. The molecule has 1 atom stereocenters. The molecule has 0 heterocycles. The van der Waals surface area contributed by atoms with Crippen molar-refractivity contribution in [1.29, 1.82) is 0 Å². The van der Waals surface area contributed by atoms with E-state index in [1.807, 2.05) is 6.08 Å². The quantitative estimate of drug-likeness (QED) is 0.0262. The number of allylic oxidation sites excluding steroid dienone is 23. The topological polar surface area (TPSA) is 78.9 Å². The van der Waals surface area contributed by atoms with Gasteiger partial charge in [0.05, 0.1) is 6.42 Å². The smallest absolute Gasteiger partial charge is 0.310 e. The Bertz CT molecular complexity index is 1590. The molecule has 398 valence electrons. The Labute approximate surface area is 436 Å². The van der Waals surface area contributed by atoms with Crippen LogP contribution in [0.4, 0.5) is 0 Å². The molecule has 0 rings (SSSR count). The molecule has 0 spiro atoms. The maximum atomic E-state index is 12.8. The van der Waals surface area contributed by atoms with Gasteiger partial charge in [0.2, 0.25) is 0 Å². The number of carbonyl (C=O) groups excluding carboxylic acids is 3. The minimum Gasteiger partial charge on any atom is -0.462 e. The van der Waals surface area contributed by atoms with Gasteiger partial charge in [-0.15, -0.1) is 0 Å². The van der Waals surface area contributed by atoms with Gasteiger partial charge < -0.3 is 14.2 Å². The fourth-order valence-electron chi connectivity index (χ4n) is 7.17. The zero-order valence-corrected chi connectivity index (χ0v) is 45.4. The Morgan fingerprint density at radius 2 is 0.592 bits per heavy atom. The fourth-order valence-corrected chi connectivity index (χ4v) is 7.17. The molecule has 0 aliphatic rings. The molecule has 6 heteroatoms. The van der Waals surface area contributed by atoms with Crippen LogP contribution in [0.5, 0.6) is 0 Å². The third-order valence-corrected chi connectivity index (χ3v) is 11.3. The van der Waals surface area contributed by atoms with Crippen molar-refractivity contribution in [2.75, 3.05) is 13.2 Å². The summed E-state index contributed by atoms with van der Waals surface area (Å²) in [4.78, 5) is 38.0. The summed E-state index contributed by atoms with van der Waals surface area (Å²) in [6, 6.07) is 0. The molecule has 0 N–H and O–H groups in total. The number of ether oxygens (including phenoxy) is 3. The molecule has 0 aliphatic carbocycles. The Balaban J connectivity index is 4.45. The van der Waals surface area contributed by atoms with Gasteiger partial charge in [-0.2, -0.15) is 0 Å². The van der Waals surface area contributed by atoms with Crippen LogP contribution >= 0.6 is 0 Å². The molecule has 0 bridgehead atoms. The predicted molar refractivity (Wildman–Crippen MR) is 306 cm³/mol. The van der Waals surface area contributed by atoms with E-state index in [4.69, 9.17) is 14.2 Å². The SMILES string of the molecule is CC/C=C\C/C=C\C/C=C\C/C=C\C/C=C\CCCCCCCCCCCC(=O)OCC(COC(=O)CCCCCCC/C=C\C/C=C\CCC)OC(=O)C/C=C\C/C=C\C/C=C\C/C=C\C/C=C\CC. The van der Waals surface area contributed by atoms with Crippen molar-refractivity contribution >= 4 is 17.9 Å². The highest BCUT2D eigenvalue weighted by Gasteiger charge is 2.19. The maximum absolute atomic E-state index is 12.8. The highest BCUT2D eigenvalue weighted by Crippen LogP contribution is 2.13. The normalized spacial score (nSPS) is 13.2. The van der Waals surface area contributed by atoms with Gasteiger partial charge in [0.1, 0.15) is 13.2 Å². The summed E-state index contributed by atoms with van der Waals surface area (Å²) < 4.78 is 16.7. The molecule has 1 unspecified atom stereocenters. The van der Waals surface area contributed by atoms with Gasteiger partial charge in [-0.1, -0.05) is 237 Å². The number of rotatable bonds is 49. The first-order valence-corrected chi connectivity index (χ1v) is 28.3. The summed E-state index contributed by atoms with van der Waals surface area (Å²) in [6.45, 7) is 6.23. The predicted octanol–water partition coefficient (Wildman–Crippen LogP) is 19.2.